The average molecular weight is 442 g/mol. The van der Waals surface area contributed by atoms with E-state index in [1.165, 1.54) is 24.1 Å². The highest BCUT2D eigenvalue weighted by Gasteiger charge is 2.31. The number of rotatable bonds is 7. The van der Waals surface area contributed by atoms with Gasteiger partial charge >= 0.3 is 12.1 Å². The molecule has 1 aromatic rings. The lowest BCUT2D eigenvalue weighted by atomic mass is 9.96. The number of piperidine rings is 1. The third-order valence-corrected chi connectivity index (χ3v) is 5.55. The Morgan fingerprint density at radius 2 is 1.74 bits per heavy atom. The van der Waals surface area contributed by atoms with Crippen LogP contribution in [0.25, 0.3) is 0 Å². The van der Waals surface area contributed by atoms with Crippen LogP contribution in [0, 0.1) is 5.92 Å². The zero-order valence-electron chi connectivity index (χ0n) is 18.1. The van der Waals surface area contributed by atoms with Crippen molar-refractivity contribution in [3.8, 4) is 0 Å². The lowest BCUT2D eigenvalue weighted by Gasteiger charge is -2.32. The van der Waals surface area contributed by atoms with Crippen molar-refractivity contribution in [3.63, 3.8) is 0 Å². The molecule has 1 saturated heterocycles. The predicted octanol–water partition coefficient (Wildman–Crippen LogP) is 3.46. The average Bonchev–Trinajstić information content (AvgIpc) is 2.73. The number of benzene rings is 1. The number of carbonyl (C=O) groups is 3. The number of nitrogens with zero attached hydrogens (tertiary/aromatic N) is 2. The summed E-state index contributed by atoms with van der Waals surface area (Å²) < 4.78 is 43.1. The molecule has 0 spiro atoms. The van der Waals surface area contributed by atoms with E-state index in [0.29, 0.717) is 38.1 Å². The molecule has 1 unspecified atom stereocenters. The Bertz CT molecular complexity index is 772. The summed E-state index contributed by atoms with van der Waals surface area (Å²) in [6.07, 6.45) is -3.25. The summed E-state index contributed by atoms with van der Waals surface area (Å²) in [5.74, 6) is -1.18. The standard InChI is InChI=1S/C22H29F3N2O4/c1-4-31-21(30)17-9-11-27(12-10-17)20(29)14-26(3)19(28)13-15(2)16-5-7-18(8-6-16)22(23,24)25/h5-8,15,17H,4,9-14H2,1-3H3. The van der Waals surface area contributed by atoms with E-state index in [4.69, 9.17) is 4.74 Å². The number of esters is 1. The number of likely N-dealkylation sites (tertiary alicyclic amines) is 1. The molecule has 0 saturated carbocycles. The normalized spacial score (nSPS) is 16.0. The Morgan fingerprint density at radius 1 is 1.16 bits per heavy atom. The molecule has 0 aromatic heterocycles. The van der Waals surface area contributed by atoms with E-state index in [-0.39, 0.29) is 42.6 Å². The summed E-state index contributed by atoms with van der Waals surface area (Å²) in [4.78, 5) is 39.8. The van der Waals surface area contributed by atoms with Gasteiger partial charge in [0, 0.05) is 26.6 Å². The van der Waals surface area contributed by atoms with E-state index < -0.39 is 11.7 Å². The number of hydrogen-bond donors (Lipinski definition) is 0. The first-order chi connectivity index (χ1) is 14.5. The lowest BCUT2D eigenvalue weighted by molar-refractivity contribution is -0.151. The molecule has 2 amide bonds. The lowest BCUT2D eigenvalue weighted by Crippen LogP contribution is -2.45. The van der Waals surface area contributed by atoms with Gasteiger partial charge in [0.15, 0.2) is 0 Å². The first-order valence-electron chi connectivity index (χ1n) is 10.4. The van der Waals surface area contributed by atoms with Gasteiger partial charge in [0.1, 0.15) is 0 Å². The summed E-state index contributed by atoms with van der Waals surface area (Å²) >= 11 is 0. The molecular weight excluding hydrogens is 413 g/mol. The van der Waals surface area contributed by atoms with Gasteiger partial charge in [-0.1, -0.05) is 19.1 Å². The largest absolute Gasteiger partial charge is 0.466 e. The number of amides is 2. The quantitative estimate of drug-likeness (QED) is 0.607. The molecule has 6 nitrogen and oxygen atoms in total. The highest BCUT2D eigenvalue weighted by molar-refractivity contribution is 5.85. The number of hydrogen-bond acceptors (Lipinski definition) is 4. The number of carbonyl (C=O) groups excluding carboxylic acids is 3. The van der Waals surface area contributed by atoms with E-state index in [1.54, 1.807) is 18.7 Å². The molecule has 0 radical (unpaired) electrons. The molecular formula is C22H29F3N2O4. The highest BCUT2D eigenvalue weighted by atomic mass is 19.4. The van der Waals surface area contributed by atoms with Crippen LogP contribution in [0.3, 0.4) is 0 Å². The molecule has 1 atom stereocenters. The molecule has 31 heavy (non-hydrogen) atoms. The van der Waals surface area contributed by atoms with Crippen molar-refractivity contribution in [2.45, 2.75) is 45.2 Å². The van der Waals surface area contributed by atoms with E-state index >= 15 is 0 Å². The minimum Gasteiger partial charge on any atom is -0.466 e. The maximum absolute atomic E-state index is 12.7. The molecule has 2 rings (SSSR count). The van der Waals surface area contributed by atoms with Crippen LogP contribution in [0.2, 0.25) is 0 Å². The van der Waals surface area contributed by atoms with Crippen molar-refractivity contribution in [1.29, 1.82) is 0 Å². The summed E-state index contributed by atoms with van der Waals surface area (Å²) in [7, 11) is 1.53. The second-order valence-corrected chi connectivity index (χ2v) is 7.88. The fourth-order valence-corrected chi connectivity index (χ4v) is 3.55. The van der Waals surface area contributed by atoms with E-state index in [1.807, 2.05) is 0 Å². The predicted molar refractivity (Wildman–Crippen MR) is 108 cm³/mol. The third kappa shape index (κ3) is 6.97. The molecule has 9 heteroatoms. The van der Waals surface area contributed by atoms with Crippen LogP contribution in [-0.2, 0) is 25.3 Å². The Balaban J connectivity index is 1.82. The molecule has 1 aromatic carbocycles. The minimum atomic E-state index is -4.40. The maximum atomic E-state index is 12.7. The number of ether oxygens (including phenoxy) is 1. The van der Waals surface area contributed by atoms with E-state index in [9.17, 15) is 27.6 Å². The zero-order chi connectivity index (χ0) is 23.2. The van der Waals surface area contributed by atoms with Crippen molar-refractivity contribution < 1.29 is 32.3 Å². The Hall–Kier alpha value is -2.58. The van der Waals surface area contributed by atoms with Crippen molar-refractivity contribution in [3.05, 3.63) is 35.4 Å². The van der Waals surface area contributed by atoms with Crippen molar-refractivity contribution in [2.75, 3.05) is 33.3 Å². The summed E-state index contributed by atoms with van der Waals surface area (Å²) in [6.45, 7) is 4.63. The number of halogens is 3. The van der Waals surface area contributed by atoms with Gasteiger partial charge < -0.3 is 14.5 Å². The molecule has 0 bridgehead atoms. The van der Waals surface area contributed by atoms with Crippen LogP contribution in [0.5, 0.6) is 0 Å². The van der Waals surface area contributed by atoms with Crippen molar-refractivity contribution in [2.24, 2.45) is 5.92 Å². The molecule has 1 fully saturated rings. The second-order valence-electron chi connectivity index (χ2n) is 7.88. The second kappa shape index (κ2) is 10.6. The van der Waals surface area contributed by atoms with Crippen molar-refractivity contribution in [1.82, 2.24) is 9.80 Å². The van der Waals surface area contributed by atoms with Gasteiger partial charge in [0.2, 0.25) is 11.8 Å². The first-order valence-corrected chi connectivity index (χ1v) is 10.4. The molecule has 172 valence electrons. The number of likely N-dealkylation sites (N-methyl/N-ethyl adjacent to an activating group) is 1. The molecule has 1 heterocycles. The minimum absolute atomic E-state index is 0.0807. The fourth-order valence-electron chi connectivity index (χ4n) is 3.55. The monoisotopic (exact) mass is 442 g/mol. The molecule has 1 aliphatic heterocycles. The summed E-state index contributed by atoms with van der Waals surface area (Å²) in [5.41, 5.74) is -0.105. The topological polar surface area (TPSA) is 66.9 Å². The smallest absolute Gasteiger partial charge is 0.416 e. The van der Waals surface area contributed by atoms with Crippen molar-refractivity contribution >= 4 is 17.8 Å². The highest BCUT2D eigenvalue weighted by Crippen LogP contribution is 2.30. The van der Waals surface area contributed by atoms with E-state index in [2.05, 4.69) is 0 Å². The summed E-state index contributed by atoms with van der Waals surface area (Å²) in [6, 6.07) is 4.76. The third-order valence-electron chi connectivity index (χ3n) is 5.55. The zero-order valence-corrected chi connectivity index (χ0v) is 18.1. The van der Waals surface area contributed by atoms with Crippen LogP contribution < -0.4 is 0 Å². The van der Waals surface area contributed by atoms with Gasteiger partial charge in [-0.15, -0.1) is 0 Å². The van der Waals surface area contributed by atoms with Gasteiger partial charge in [-0.2, -0.15) is 13.2 Å². The van der Waals surface area contributed by atoms with Crippen LogP contribution in [-0.4, -0.2) is 60.9 Å². The Morgan fingerprint density at radius 3 is 2.26 bits per heavy atom. The van der Waals surface area contributed by atoms with Crippen LogP contribution in [0.1, 0.15) is 50.2 Å². The van der Waals surface area contributed by atoms with Crippen LogP contribution >= 0.6 is 0 Å². The Labute approximate surface area is 180 Å². The van der Waals surface area contributed by atoms with Gasteiger partial charge in [-0.25, -0.2) is 0 Å². The van der Waals surface area contributed by atoms with Crippen LogP contribution in [0.15, 0.2) is 24.3 Å². The molecule has 0 aliphatic carbocycles. The van der Waals surface area contributed by atoms with Crippen LogP contribution in [0.4, 0.5) is 13.2 Å². The van der Waals surface area contributed by atoms with Gasteiger partial charge in [0.25, 0.3) is 0 Å². The van der Waals surface area contributed by atoms with E-state index in [0.717, 1.165) is 12.1 Å². The van der Waals surface area contributed by atoms with Gasteiger partial charge in [0.05, 0.1) is 24.6 Å². The van der Waals surface area contributed by atoms with Gasteiger partial charge in [-0.05, 0) is 43.4 Å². The Kier molecular flexibility index (Phi) is 8.47. The first kappa shape index (κ1) is 24.7. The fraction of sp³-hybridized carbons (Fsp3) is 0.591. The molecule has 1 aliphatic rings. The summed E-state index contributed by atoms with van der Waals surface area (Å²) in [5, 5.41) is 0. The maximum Gasteiger partial charge on any atom is 0.416 e. The SMILES string of the molecule is CCOC(=O)C1CCN(C(=O)CN(C)C(=O)CC(C)c2ccc(C(F)(F)F)cc2)CC1. The van der Waals surface area contributed by atoms with Gasteiger partial charge in [-0.3, -0.25) is 14.4 Å². The number of alkyl halides is 3. The molecule has 0 N–H and O–H groups in total.